The lowest BCUT2D eigenvalue weighted by molar-refractivity contribution is 0.0771. The fourth-order valence-electron chi connectivity index (χ4n) is 2.83. The highest BCUT2D eigenvalue weighted by molar-refractivity contribution is 5.95. The number of rotatable bonds is 7. The van der Waals surface area contributed by atoms with Gasteiger partial charge in [-0.1, -0.05) is 32.0 Å². The van der Waals surface area contributed by atoms with Gasteiger partial charge in [0, 0.05) is 24.7 Å². The average Bonchev–Trinajstić information content (AvgIpc) is 2.45. The van der Waals surface area contributed by atoms with Crippen LogP contribution in [0.15, 0.2) is 24.3 Å². The SMILES string of the molecule is CCN(CC)C(=O)c1ccccc1CC(C(C)C)N(C)C. The van der Waals surface area contributed by atoms with Gasteiger partial charge in [0.2, 0.25) is 0 Å². The Hall–Kier alpha value is -1.35. The Kier molecular flexibility index (Phi) is 6.90. The van der Waals surface area contributed by atoms with E-state index < -0.39 is 0 Å². The minimum Gasteiger partial charge on any atom is -0.339 e. The lowest BCUT2D eigenvalue weighted by atomic mass is 9.92. The second-order valence-electron chi connectivity index (χ2n) is 6.11. The van der Waals surface area contributed by atoms with Crippen molar-refractivity contribution in [2.75, 3.05) is 27.2 Å². The predicted octanol–water partition coefficient (Wildman–Crippen LogP) is 3.30. The average molecular weight is 290 g/mol. The first-order valence-electron chi connectivity index (χ1n) is 7.95. The van der Waals surface area contributed by atoms with E-state index in [0.29, 0.717) is 12.0 Å². The minimum absolute atomic E-state index is 0.150. The van der Waals surface area contributed by atoms with E-state index >= 15 is 0 Å². The van der Waals surface area contributed by atoms with Crippen molar-refractivity contribution in [1.29, 1.82) is 0 Å². The molecule has 0 saturated carbocycles. The van der Waals surface area contributed by atoms with Crippen molar-refractivity contribution in [2.45, 2.75) is 40.2 Å². The van der Waals surface area contributed by atoms with Crippen LogP contribution in [0.25, 0.3) is 0 Å². The van der Waals surface area contributed by atoms with Crippen LogP contribution in [0.4, 0.5) is 0 Å². The van der Waals surface area contributed by atoms with E-state index in [2.05, 4.69) is 38.9 Å². The molecule has 0 N–H and O–H groups in total. The van der Waals surface area contributed by atoms with Gasteiger partial charge >= 0.3 is 0 Å². The summed E-state index contributed by atoms with van der Waals surface area (Å²) in [6.07, 6.45) is 0.911. The second kappa shape index (κ2) is 8.18. The number of likely N-dealkylation sites (N-methyl/N-ethyl adjacent to an activating group) is 1. The molecule has 1 rings (SSSR count). The maximum absolute atomic E-state index is 12.7. The molecule has 118 valence electrons. The molecule has 0 aliphatic rings. The van der Waals surface area contributed by atoms with Gasteiger partial charge in [0.05, 0.1) is 0 Å². The number of hydrogen-bond donors (Lipinski definition) is 0. The monoisotopic (exact) mass is 290 g/mol. The lowest BCUT2D eigenvalue weighted by Gasteiger charge is -2.29. The molecule has 0 heterocycles. The molecule has 0 saturated heterocycles. The summed E-state index contributed by atoms with van der Waals surface area (Å²) in [5.74, 6) is 0.702. The maximum atomic E-state index is 12.7. The zero-order valence-electron chi connectivity index (χ0n) is 14.4. The topological polar surface area (TPSA) is 23.6 Å². The summed E-state index contributed by atoms with van der Waals surface area (Å²) in [6, 6.07) is 8.48. The molecule has 0 bridgehead atoms. The standard InChI is InChI=1S/C18H30N2O/c1-7-20(8-2)18(21)16-12-10-9-11-15(16)13-17(14(3)4)19(5)6/h9-12,14,17H,7-8,13H2,1-6H3. The Bertz CT molecular complexity index is 442. The number of hydrogen-bond acceptors (Lipinski definition) is 2. The zero-order valence-corrected chi connectivity index (χ0v) is 14.4. The largest absolute Gasteiger partial charge is 0.339 e. The van der Waals surface area contributed by atoms with Gasteiger partial charge in [-0.3, -0.25) is 4.79 Å². The first-order valence-corrected chi connectivity index (χ1v) is 7.95. The molecule has 1 atom stereocenters. The predicted molar refractivity (Wildman–Crippen MR) is 89.7 cm³/mol. The highest BCUT2D eigenvalue weighted by Crippen LogP contribution is 2.19. The first-order chi connectivity index (χ1) is 9.92. The van der Waals surface area contributed by atoms with E-state index in [1.165, 1.54) is 0 Å². The quantitative estimate of drug-likeness (QED) is 0.769. The Morgan fingerprint density at radius 2 is 1.67 bits per heavy atom. The Morgan fingerprint density at radius 1 is 1.10 bits per heavy atom. The number of nitrogens with zero attached hydrogens (tertiary/aromatic N) is 2. The molecule has 1 aromatic rings. The summed E-state index contributed by atoms with van der Waals surface area (Å²) in [7, 11) is 4.22. The summed E-state index contributed by atoms with van der Waals surface area (Å²) >= 11 is 0. The first kappa shape index (κ1) is 17.7. The van der Waals surface area contributed by atoms with Crippen molar-refractivity contribution in [3.05, 3.63) is 35.4 Å². The van der Waals surface area contributed by atoms with Crippen LogP contribution in [-0.2, 0) is 6.42 Å². The third kappa shape index (κ3) is 4.57. The van der Waals surface area contributed by atoms with Crippen molar-refractivity contribution >= 4 is 5.91 Å². The minimum atomic E-state index is 0.150. The molecule has 0 spiro atoms. The van der Waals surface area contributed by atoms with E-state index in [1.807, 2.05) is 36.9 Å². The molecule has 1 amide bonds. The van der Waals surface area contributed by atoms with Crippen LogP contribution < -0.4 is 0 Å². The summed E-state index contributed by atoms with van der Waals surface area (Å²) in [6.45, 7) is 10.0. The van der Waals surface area contributed by atoms with Crippen molar-refractivity contribution in [1.82, 2.24) is 9.80 Å². The molecule has 0 aliphatic carbocycles. The Labute approximate surface area is 129 Å². The molecule has 0 fully saturated rings. The van der Waals surface area contributed by atoms with Gasteiger partial charge in [-0.25, -0.2) is 0 Å². The molecule has 0 radical (unpaired) electrons. The highest BCUT2D eigenvalue weighted by Gasteiger charge is 2.21. The second-order valence-corrected chi connectivity index (χ2v) is 6.11. The summed E-state index contributed by atoms with van der Waals surface area (Å²) in [5, 5.41) is 0. The molecule has 1 aromatic carbocycles. The molecular formula is C18H30N2O. The molecular weight excluding hydrogens is 260 g/mol. The molecule has 21 heavy (non-hydrogen) atoms. The van der Waals surface area contributed by atoms with Crippen LogP contribution in [0.2, 0.25) is 0 Å². The number of carbonyl (C=O) groups excluding carboxylic acids is 1. The van der Waals surface area contributed by atoms with E-state index in [-0.39, 0.29) is 5.91 Å². The smallest absolute Gasteiger partial charge is 0.254 e. The van der Waals surface area contributed by atoms with Gasteiger partial charge in [0.15, 0.2) is 0 Å². The van der Waals surface area contributed by atoms with Gasteiger partial charge in [-0.15, -0.1) is 0 Å². The number of amides is 1. The van der Waals surface area contributed by atoms with Gasteiger partial charge in [-0.2, -0.15) is 0 Å². The van der Waals surface area contributed by atoms with Crippen LogP contribution in [-0.4, -0.2) is 48.9 Å². The molecule has 3 nitrogen and oxygen atoms in total. The van der Waals surface area contributed by atoms with Crippen molar-refractivity contribution in [2.24, 2.45) is 5.92 Å². The molecule has 1 unspecified atom stereocenters. The van der Waals surface area contributed by atoms with Crippen LogP contribution in [0, 0.1) is 5.92 Å². The highest BCUT2D eigenvalue weighted by atomic mass is 16.2. The van der Waals surface area contributed by atoms with E-state index in [1.54, 1.807) is 0 Å². The van der Waals surface area contributed by atoms with Gasteiger partial charge in [0.1, 0.15) is 0 Å². The molecule has 0 aliphatic heterocycles. The van der Waals surface area contributed by atoms with Crippen molar-refractivity contribution in [3.63, 3.8) is 0 Å². The van der Waals surface area contributed by atoms with Gasteiger partial charge in [-0.05, 0) is 51.9 Å². The summed E-state index contributed by atoms with van der Waals surface area (Å²) < 4.78 is 0. The van der Waals surface area contributed by atoms with E-state index in [4.69, 9.17) is 0 Å². The van der Waals surface area contributed by atoms with Crippen LogP contribution in [0.3, 0.4) is 0 Å². The number of benzene rings is 1. The lowest BCUT2D eigenvalue weighted by Crippen LogP contribution is -2.36. The maximum Gasteiger partial charge on any atom is 0.254 e. The van der Waals surface area contributed by atoms with E-state index in [9.17, 15) is 4.79 Å². The summed E-state index contributed by atoms with van der Waals surface area (Å²) in [5.41, 5.74) is 2.01. The van der Waals surface area contributed by atoms with Crippen LogP contribution in [0.5, 0.6) is 0 Å². The third-order valence-electron chi connectivity index (χ3n) is 4.16. The fourth-order valence-corrected chi connectivity index (χ4v) is 2.83. The zero-order chi connectivity index (χ0) is 16.0. The van der Waals surface area contributed by atoms with Crippen LogP contribution in [0.1, 0.15) is 43.6 Å². The van der Waals surface area contributed by atoms with Crippen molar-refractivity contribution in [3.8, 4) is 0 Å². The van der Waals surface area contributed by atoms with Gasteiger partial charge < -0.3 is 9.80 Å². The Balaban J connectivity index is 3.06. The summed E-state index contributed by atoms with van der Waals surface area (Å²) in [4.78, 5) is 16.8. The van der Waals surface area contributed by atoms with Gasteiger partial charge in [0.25, 0.3) is 5.91 Å². The normalized spacial score (nSPS) is 12.8. The number of carbonyl (C=O) groups is 1. The fraction of sp³-hybridized carbons (Fsp3) is 0.611. The van der Waals surface area contributed by atoms with E-state index in [0.717, 1.165) is 30.6 Å². The molecule has 3 heteroatoms. The third-order valence-corrected chi connectivity index (χ3v) is 4.16. The molecule has 0 aromatic heterocycles. The van der Waals surface area contributed by atoms with Crippen LogP contribution >= 0.6 is 0 Å². The van der Waals surface area contributed by atoms with Crippen molar-refractivity contribution < 1.29 is 4.79 Å². The Morgan fingerprint density at radius 3 is 2.14 bits per heavy atom.